The van der Waals surface area contributed by atoms with Crippen molar-refractivity contribution < 1.29 is 23.1 Å². The fourth-order valence-corrected chi connectivity index (χ4v) is 3.12. The summed E-state index contributed by atoms with van der Waals surface area (Å²) in [5.74, 6) is -2.09. The maximum Gasteiger partial charge on any atom is 0.313 e. The molecule has 0 spiro atoms. The summed E-state index contributed by atoms with van der Waals surface area (Å²) in [6.45, 7) is 0. The molecule has 0 saturated carbocycles. The summed E-state index contributed by atoms with van der Waals surface area (Å²) in [6, 6.07) is 9.10. The predicted octanol–water partition coefficient (Wildman–Crippen LogP) is 3.05. The predicted molar refractivity (Wildman–Crippen MR) is 88.4 cm³/mol. The highest BCUT2D eigenvalue weighted by Crippen LogP contribution is 2.35. The van der Waals surface area contributed by atoms with Crippen LogP contribution in [0.2, 0.25) is 0 Å². The van der Waals surface area contributed by atoms with E-state index >= 15 is 0 Å². The van der Waals surface area contributed by atoms with Crippen LogP contribution in [0, 0.1) is 11.7 Å². The van der Waals surface area contributed by atoms with Gasteiger partial charge < -0.3 is 14.5 Å². The molecular formula is C19H18FNO4. The average molecular weight is 343 g/mol. The van der Waals surface area contributed by atoms with Gasteiger partial charge in [0.15, 0.2) is 5.76 Å². The van der Waals surface area contributed by atoms with Crippen molar-refractivity contribution in [2.75, 3.05) is 7.11 Å². The molecule has 5 nitrogen and oxygen atoms in total. The Morgan fingerprint density at radius 1 is 1.24 bits per heavy atom. The Bertz CT molecular complexity index is 784. The summed E-state index contributed by atoms with van der Waals surface area (Å²) in [6.07, 6.45) is 5.53. The van der Waals surface area contributed by atoms with Gasteiger partial charge in [-0.15, -0.1) is 0 Å². The summed E-state index contributed by atoms with van der Waals surface area (Å²) < 4.78 is 24.1. The van der Waals surface area contributed by atoms with E-state index in [0.29, 0.717) is 12.0 Å². The minimum Gasteiger partial charge on any atom is -0.469 e. The van der Waals surface area contributed by atoms with Crippen molar-refractivity contribution in [3.8, 4) is 0 Å². The van der Waals surface area contributed by atoms with Crippen LogP contribution >= 0.6 is 0 Å². The van der Waals surface area contributed by atoms with Gasteiger partial charge >= 0.3 is 5.97 Å². The lowest BCUT2D eigenvalue weighted by molar-refractivity contribution is -0.143. The molecule has 0 fully saturated rings. The van der Waals surface area contributed by atoms with Crippen LogP contribution in [0.1, 0.15) is 28.5 Å². The highest BCUT2D eigenvalue weighted by molar-refractivity contribution is 5.91. The molecule has 3 rings (SSSR count). The molecule has 1 N–H and O–H groups in total. The molecule has 0 bridgehead atoms. The lowest BCUT2D eigenvalue weighted by atomic mass is 9.85. The van der Waals surface area contributed by atoms with Crippen molar-refractivity contribution in [2.45, 2.75) is 18.4 Å². The van der Waals surface area contributed by atoms with E-state index < -0.39 is 17.7 Å². The number of nitrogens with one attached hydrogen (secondary N) is 1. The number of esters is 1. The quantitative estimate of drug-likeness (QED) is 0.669. The lowest BCUT2D eigenvalue weighted by Crippen LogP contribution is -2.33. The van der Waals surface area contributed by atoms with Crippen molar-refractivity contribution in [3.63, 3.8) is 0 Å². The van der Waals surface area contributed by atoms with Crippen molar-refractivity contribution in [3.05, 3.63) is 72.0 Å². The molecule has 1 amide bonds. The first-order chi connectivity index (χ1) is 12.1. The number of hydrogen-bond donors (Lipinski definition) is 1. The number of carbonyl (C=O) groups is 2. The minimum absolute atomic E-state index is 0.218. The van der Waals surface area contributed by atoms with E-state index in [4.69, 9.17) is 9.15 Å². The molecule has 0 saturated heterocycles. The zero-order valence-electron chi connectivity index (χ0n) is 13.6. The van der Waals surface area contributed by atoms with Crippen LogP contribution in [0.4, 0.5) is 4.39 Å². The van der Waals surface area contributed by atoms with Gasteiger partial charge in [-0.3, -0.25) is 9.59 Å². The second-order valence-corrected chi connectivity index (χ2v) is 5.86. The third kappa shape index (κ3) is 3.63. The Kier molecular flexibility index (Phi) is 4.97. The Morgan fingerprint density at radius 3 is 2.72 bits per heavy atom. The van der Waals surface area contributed by atoms with Gasteiger partial charge in [0.25, 0.3) is 5.91 Å². The molecular weight excluding hydrogens is 325 g/mol. The lowest BCUT2D eigenvalue weighted by Gasteiger charge is -2.22. The van der Waals surface area contributed by atoms with Crippen LogP contribution in [-0.4, -0.2) is 25.0 Å². The first kappa shape index (κ1) is 17.0. The average Bonchev–Trinajstić information content (AvgIpc) is 3.29. The normalized spacial score (nSPS) is 20.2. The van der Waals surface area contributed by atoms with Crippen molar-refractivity contribution >= 4 is 11.9 Å². The summed E-state index contributed by atoms with van der Waals surface area (Å²) in [4.78, 5) is 24.3. The monoisotopic (exact) mass is 343 g/mol. The van der Waals surface area contributed by atoms with E-state index in [1.807, 2.05) is 12.2 Å². The fourth-order valence-electron chi connectivity index (χ4n) is 3.12. The smallest absolute Gasteiger partial charge is 0.313 e. The zero-order valence-corrected chi connectivity index (χ0v) is 13.6. The maximum absolute atomic E-state index is 14.2. The van der Waals surface area contributed by atoms with E-state index in [1.54, 1.807) is 30.3 Å². The first-order valence-electron chi connectivity index (χ1n) is 7.95. The standard InChI is InChI=1S/C19H18FNO4/c1-24-19(23)17(14-5-2-3-6-15(14)20)12-8-9-13(11-12)21-18(22)16-7-4-10-25-16/h2-10,12-13,17H,11H2,1H3,(H,21,22). The summed E-state index contributed by atoms with van der Waals surface area (Å²) in [5.41, 5.74) is 0.294. The van der Waals surface area contributed by atoms with Crippen LogP contribution in [0.5, 0.6) is 0 Å². The second-order valence-electron chi connectivity index (χ2n) is 5.86. The molecule has 0 aliphatic heterocycles. The van der Waals surface area contributed by atoms with Crippen LogP contribution in [0.3, 0.4) is 0 Å². The SMILES string of the molecule is COC(=O)C(c1ccccc1F)C1C=CC(NC(=O)c2ccco2)C1. The van der Waals surface area contributed by atoms with Gasteiger partial charge in [0, 0.05) is 11.6 Å². The summed E-state index contributed by atoms with van der Waals surface area (Å²) in [5, 5.41) is 2.82. The number of methoxy groups -OCH3 is 1. The third-order valence-electron chi connectivity index (χ3n) is 4.30. The van der Waals surface area contributed by atoms with Gasteiger partial charge in [0.1, 0.15) is 5.82 Å². The second kappa shape index (κ2) is 7.34. The molecule has 3 unspecified atom stereocenters. The van der Waals surface area contributed by atoms with Gasteiger partial charge in [-0.25, -0.2) is 4.39 Å². The van der Waals surface area contributed by atoms with Gasteiger partial charge in [0.2, 0.25) is 0 Å². The molecule has 1 heterocycles. The third-order valence-corrected chi connectivity index (χ3v) is 4.30. The van der Waals surface area contributed by atoms with E-state index in [0.717, 1.165) is 0 Å². The number of halogens is 1. The largest absolute Gasteiger partial charge is 0.469 e. The summed E-state index contributed by atoms with van der Waals surface area (Å²) in [7, 11) is 1.28. The molecule has 0 radical (unpaired) electrons. The Labute approximate surface area is 144 Å². The number of carbonyl (C=O) groups excluding carboxylic acids is 2. The molecule has 3 atom stereocenters. The molecule has 1 aliphatic carbocycles. The number of hydrogen-bond acceptors (Lipinski definition) is 4. The molecule has 1 aromatic carbocycles. The van der Waals surface area contributed by atoms with Gasteiger partial charge in [-0.1, -0.05) is 30.4 Å². The van der Waals surface area contributed by atoms with E-state index in [-0.39, 0.29) is 23.6 Å². The number of furan rings is 1. The number of rotatable bonds is 5. The van der Waals surface area contributed by atoms with Gasteiger partial charge in [-0.05, 0) is 30.5 Å². The van der Waals surface area contributed by atoms with E-state index in [2.05, 4.69) is 5.32 Å². The topological polar surface area (TPSA) is 68.5 Å². The molecule has 25 heavy (non-hydrogen) atoms. The van der Waals surface area contributed by atoms with Crippen LogP contribution in [0.15, 0.2) is 59.2 Å². The number of ether oxygens (including phenoxy) is 1. The van der Waals surface area contributed by atoms with Gasteiger partial charge in [-0.2, -0.15) is 0 Å². The molecule has 130 valence electrons. The molecule has 1 aromatic heterocycles. The Hall–Kier alpha value is -2.89. The fraction of sp³-hybridized carbons (Fsp3) is 0.263. The van der Waals surface area contributed by atoms with E-state index in [9.17, 15) is 14.0 Å². The highest BCUT2D eigenvalue weighted by atomic mass is 19.1. The highest BCUT2D eigenvalue weighted by Gasteiger charge is 2.35. The van der Waals surface area contributed by atoms with Crippen LogP contribution in [0.25, 0.3) is 0 Å². The van der Waals surface area contributed by atoms with Crippen molar-refractivity contribution in [1.29, 1.82) is 0 Å². The van der Waals surface area contributed by atoms with Gasteiger partial charge in [0.05, 0.1) is 19.3 Å². The number of amides is 1. The first-order valence-corrected chi connectivity index (χ1v) is 7.95. The Balaban J connectivity index is 1.74. The van der Waals surface area contributed by atoms with Crippen LogP contribution < -0.4 is 5.32 Å². The number of benzene rings is 1. The van der Waals surface area contributed by atoms with Crippen molar-refractivity contribution in [2.24, 2.45) is 5.92 Å². The Morgan fingerprint density at radius 2 is 2.04 bits per heavy atom. The van der Waals surface area contributed by atoms with E-state index in [1.165, 1.54) is 19.4 Å². The molecule has 2 aromatic rings. The minimum atomic E-state index is -0.757. The number of allylic oxidation sites excluding steroid dienone is 1. The van der Waals surface area contributed by atoms with Crippen molar-refractivity contribution in [1.82, 2.24) is 5.32 Å². The molecule has 6 heteroatoms. The maximum atomic E-state index is 14.2. The summed E-state index contributed by atoms with van der Waals surface area (Å²) >= 11 is 0. The van der Waals surface area contributed by atoms with Crippen LogP contribution in [-0.2, 0) is 9.53 Å². The molecule has 1 aliphatic rings. The zero-order chi connectivity index (χ0) is 17.8.